The normalized spacial score (nSPS) is 15.5. The minimum Gasteiger partial charge on any atom is -0.385 e. The average Bonchev–Trinajstić information content (AvgIpc) is 2.75. The third-order valence-electron chi connectivity index (χ3n) is 5.63. The smallest absolute Gasteiger partial charge is 0.191 e. The van der Waals surface area contributed by atoms with Crippen LogP contribution in [0.15, 0.2) is 23.2 Å². The number of nitrogens with one attached hydrogen (secondary N) is 2. The zero-order valence-electron chi connectivity index (χ0n) is 19.6. The van der Waals surface area contributed by atoms with E-state index in [4.69, 9.17) is 9.73 Å². The van der Waals surface area contributed by atoms with Gasteiger partial charge < -0.3 is 25.2 Å². The van der Waals surface area contributed by atoms with Crippen LogP contribution in [0.4, 0.5) is 10.1 Å². The zero-order chi connectivity index (χ0) is 21.8. The Morgan fingerprint density at radius 2 is 1.94 bits per heavy atom. The Balaban J connectivity index is 0.00000480. The maximum absolute atomic E-state index is 14.5. The van der Waals surface area contributed by atoms with Gasteiger partial charge in [-0.25, -0.2) is 9.38 Å². The molecule has 1 fully saturated rings. The van der Waals surface area contributed by atoms with Crippen molar-refractivity contribution in [3.63, 3.8) is 0 Å². The van der Waals surface area contributed by atoms with Gasteiger partial charge in [-0.1, -0.05) is 6.07 Å². The number of piperidine rings is 1. The first-order valence-electron chi connectivity index (χ1n) is 11.4. The summed E-state index contributed by atoms with van der Waals surface area (Å²) in [5.74, 6) is 0.633. The lowest BCUT2D eigenvalue weighted by molar-refractivity contribution is 0.155. The number of guanidine groups is 1. The molecule has 0 saturated carbocycles. The number of hydrogen-bond donors (Lipinski definition) is 2. The number of rotatable bonds is 11. The molecule has 0 atom stereocenters. The Labute approximate surface area is 205 Å². The summed E-state index contributed by atoms with van der Waals surface area (Å²) >= 11 is 0. The van der Waals surface area contributed by atoms with Crippen molar-refractivity contribution in [2.45, 2.75) is 52.6 Å². The fourth-order valence-corrected chi connectivity index (χ4v) is 3.89. The third kappa shape index (κ3) is 9.49. The first-order valence-corrected chi connectivity index (χ1v) is 11.4. The lowest BCUT2D eigenvalue weighted by atomic mass is 10.1. The summed E-state index contributed by atoms with van der Waals surface area (Å²) < 4.78 is 19.7. The monoisotopic (exact) mass is 549 g/mol. The summed E-state index contributed by atoms with van der Waals surface area (Å²) in [4.78, 5) is 9.22. The molecule has 6 nitrogen and oxygen atoms in total. The molecule has 1 aliphatic heterocycles. The van der Waals surface area contributed by atoms with Crippen LogP contribution >= 0.6 is 24.0 Å². The molecular weight excluding hydrogens is 508 g/mol. The number of nitrogens with zero attached hydrogens (tertiary/aromatic N) is 3. The highest BCUT2D eigenvalue weighted by atomic mass is 127. The lowest BCUT2D eigenvalue weighted by Gasteiger charge is -2.33. The van der Waals surface area contributed by atoms with Gasteiger partial charge in [0.15, 0.2) is 5.96 Å². The Morgan fingerprint density at radius 1 is 1.23 bits per heavy atom. The molecule has 0 bridgehead atoms. The van der Waals surface area contributed by atoms with Gasteiger partial charge in [-0.2, -0.15) is 0 Å². The van der Waals surface area contributed by atoms with Crippen LogP contribution in [0.3, 0.4) is 0 Å². The first kappa shape index (κ1) is 27.9. The number of ether oxygens (including phenoxy) is 1. The molecule has 2 N–H and O–H groups in total. The molecule has 1 saturated heterocycles. The van der Waals surface area contributed by atoms with Gasteiger partial charge in [-0.3, -0.25) is 0 Å². The fraction of sp³-hybridized carbons (Fsp3) is 0.696. The second kappa shape index (κ2) is 15.6. The molecule has 8 heteroatoms. The molecule has 0 radical (unpaired) electrons. The zero-order valence-corrected chi connectivity index (χ0v) is 22.0. The standard InChI is InChI=1S/C23H40FN5O.HI/c1-5-25-23(27-20-11-14-28(15-12-20)13-8-16-30-4)26-18-19-9-10-22(21(24)17-19)29(6-2)7-3;/h9-10,17,20H,5-8,11-16,18H2,1-4H3,(H2,25,26,27);1H. The van der Waals surface area contributed by atoms with Gasteiger partial charge >= 0.3 is 0 Å². The molecular formula is C23H41FIN5O. The van der Waals surface area contributed by atoms with Gasteiger partial charge in [0.25, 0.3) is 0 Å². The van der Waals surface area contributed by atoms with Gasteiger partial charge in [0, 0.05) is 59.0 Å². The van der Waals surface area contributed by atoms with Crippen LogP contribution in [0.1, 0.15) is 45.6 Å². The molecule has 0 spiro atoms. The molecule has 0 aliphatic carbocycles. The minimum atomic E-state index is -0.176. The number of aliphatic imine (C=N–C) groups is 1. The molecule has 31 heavy (non-hydrogen) atoms. The van der Waals surface area contributed by atoms with Crippen LogP contribution in [0.2, 0.25) is 0 Å². The van der Waals surface area contributed by atoms with Crippen LogP contribution in [-0.4, -0.2) is 69.9 Å². The Morgan fingerprint density at radius 3 is 2.52 bits per heavy atom. The van der Waals surface area contributed by atoms with Gasteiger partial charge in [-0.05, 0) is 57.7 Å². The highest BCUT2D eigenvalue weighted by Crippen LogP contribution is 2.20. The van der Waals surface area contributed by atoms with Crippen molar-refractivity contribution in [1.29, 1.82) is 0 Å². The molecule has 1 aliphatic rings. The summed E-state index contributed by atoms with van der Waals surface area (Å²) in [6.07, 6.45) is 3.29. The molecule has 1 aromatic carbocycles. The van der Waals surface area contributed by atoms with Gasteiger partial charge in [-0.15, -0.1) is 24.0 Å². The van der Waals surface area contributed by atoms with Crippen molar-refractivity contribution >= 4 is 35.6 Å². The van der Waals surface area contributed by atoms with Gasteiger partial charge in [0.1, 0.15) is 5.82 Å². The van der Waals surface area contributed by atoms with E-state index >= 15 is 0 Å². The predicted molar refractivity (Wildman–Crippen MR) is 139 cm³/mol. The van der Waals surface area contributed by atoms with E-state index < -0.39 is 0 Å². The molecule has 0 unspecified atom stereocenters. The molecule has 1 heterocycles. The van der Waals surface area contributed by atoms with Crippen molar-refractivity contribution in [1.82, 2.24) is 15.5 Å². The van der Waals surface area contributed by atoms with Crippen molar-refractivity contribution in [2.24, 2.45) is 4.99 Å². The minimum absolute atomic E-state index is 0. The van der Waals surface area contributed by atoms with E-state index in [9.17, 15) is 4.39 Å². The second-order valence-electron chi connectivity index (χ2n) is 7.76. The van der Waals surface area contributed by atoms with E-state index in [1.54, 1.807) is 13.2 Å². The second-order valence-corrected chi connectivity index (χ2v) is 7.76. The number of methoxy groups -OCH3 is 1. The Hall–Kier alpha value is -1.13. The number of likely N-dealkylation sites (tertiary alicyclic amines) is 1. The van der Waals surface area contributed by atoms with Crippen molar-refractivity contribution < 1.29 is 9.13 Å². The largest absolute Gasteiger partial charge is 0.385 e. The van der Waals surface area contributed by atoms with Crippen LogP contribution in [0.25, 0.3) is 0 Å². The molecule has 178 valence electrons. The molecule has 0 amide bonds. The van der Waals surface area contributed by atoms with E-state index in [1.165, 1.54) is 0 Å². The van der Waals surface area contributed by atoms with Crippen LogP contribution in [0, 0.1) is 5.82 Å². The van der Waals surface area contributed by atoms with E-state index in [-0.39, 0.29) is 29.8 Å². The van der Waals surface area contributed by atoms with Crippen LogP contribution in [-0.2, 0) is 11.3 Å². The van der Waals surface area contributed by atoms with E-state index in [1.807, 2.05) is 30.9 Å². The number of anilines is 1. The van der Waals surface area contributed by atoms with E-state index in [2.05, 4.69) is 22.5 Å². The summed E-state index contributed by atoms with van der Waals surface area (Å²) in [5, 5.41) is 6.89. The quantitative estimate of drug-likeness (QED) is 0.190. The fourth-order valence-electron chi connectivity index (χ4n) is 3.89. The lowest BCUT2D eigenvalue weighted by Crippen LogP contribution is -2.48. The summed E-state index contributed by atoms with van der Waals surface area (Å²) in [7, 11) is 1.76. The summed E-state index contributed by atoms with van der Waals surface area (Å²) in [6, 6.07) is 5.87. The summed E-state index contributed by atoms with van der Waals surface area (Å²) in [6.45, 7) is 13.1. The summed E-state index contributed by atoms with van der Waals surface area (Å²) in [5.41, 5.74) is 1.54. The number of benzene rings is 1. The number of halogens is 2. The predicted octanol–water partition coefficient (Wildman–Crippen LogP) is 3.85. The Kier molecular flexibility index (Phi) is 14.1. The van der Waals surface area contributed by atoms with Crippen LogP contribution < -0.4 is 15.5 Å². The SMILES string of the molecule is CCNC(=NCc1ccc(N(CC)CC)c(F)c1)NC1CCN(CCCOC)CC1.I. The maximum Gasteiger partial charge on any atom is 0.191 e. The van der Waals surface area contributed by atoms with E-state index in [0.29, 0.717) is 18.3 Å². The highest BCUT2D eigenvalue weighted by Gasteiger charge is 2.19. The third-order valence-corrected chi connectivity index (χ3v) is 5.63. The molecule has 2 rings (SSSR count). The first-order chi connectivity index (χ1) is 14.6. The number of hydrogen-bond acceptors (Lipinski definition) is 4. The molecule has 0 aromatic heterocycles. The van der Waals surface area contributed by atoms with E-state index in [0.717, 1.165) is 76.7 Å². The topological polar surface area (TPSA) is 52.1 Å². The highest BCUT2D eigenvalue weighted by molar-refractivity contribution is 14.0. The Bertz CT molecular complexity index is 649. The van der Waals surface area contributed by atoms with Crippen molar-refractivity contribution in [2.75, 3.05) is 57.9 Å². The maximum atomic E-state index is 14.5. The van der Waals surface area contributed by atoms with Crippen molar-refractivity contribution in [3.05, 3.63) is 29.6 Å². The van der Waals surface area contributed by atoms with Gasteiger partial charge in [0.2, 0.25) is 0 Å². The van der Waals surface area contributed by atoms with Crippen LogP contribution in [0.5, 0.6) is 0 Å². The van der Waals surface area contributed by atoms with Crippen molar-refractivity contribution in [3.8, 4) is 0 Å². The average molecular weight is 550 g/mol. The van der Waals surface area contributed by atoms with Gasteiger partial charge in [0.05, 0.1) is 12.2 Å². The molecule has 1 aromatic rings.